The molecule has 2 unspecified atom stereocenters. The maximum absolute atomic E-state index is 6.78. The van der Waals surface area contributed by atoms with Gasteiger partial charge in [0.25, 0.3) is 0 Å². The Bertz CT molecular complexity index is 536. The molecule has 1 heterocycles. The maximum Gasteiger partial charge on any atom is 0.0746 e. The second-order valence-electron chi connectivity index (χ2n) is 6.28. The minimum atomic E-state index is 0.0588. The predicted octanol–water partition coefficient (Wildman–Crippen LogP) is 6.52. The Balaban J connectivity index is 2.25. The Morgan fingerprint density at radius 1 is 1.05 bits per heavy atom. The van der Waals surface area contributed by atoms with Gasteiger partial charge in [0.05, 0.1) is 5.38 Å². The number of thiophene rings is 1. The van der Waals surface area contributed by atoms with Crippen LogP contribution in [0.3, 0.4) is 0 Å². The van der Waals surface area contributed by atoms with Crippen molar-refractivity contribution in [2.24, 2.45) is 0 Å². The number of alkyl halides is 1. The molecular weight excluding hydrogens is 284 g/mol. The standard InChI is InChI=1S/C18H23ClS/c1-5-14(13-9-7-6-8-10-13)17(19)15-11-12-16(20-15)18(2,3)4/h6-12,14,17H,5H2,1-4H3. The van der Waals surface area contributed by atoms with Crippen LogP contribution in [0.25, 0.3) is 0 Å². The highest BCUT2D eigenvalue weighted by atomic mass is 35.5. The molecule has 0 amide bonds. The molecule has 0 aliphatic heterocycles. The van der Waals surface area contributed by atoms with E-state index in [9.17, 15) is 0 Å². The fourth-order valence-electron chi connectivity index (χ4n) is 2.41. The first kappa shape index (κ1) is 15.6. The summed E-state index contributed by atoms with van der Waals surface area (Å²) < 4.78 is 0. The molecule has 0 spiro atoms. The Morgan fingerprint density at radius 3 is 2.20 bits per heavy atom. The molecule has 2 atom stereocenters. The summed E-state index contributed by atoms with van der Waals surface area (Å²) in [5.74, 6) is 0.379. The van der Waals surface area contributed by atoms with E-state index >= 15 is 0 Å². The molecule has 1 aromatic heterocycles. The van der Waals surface area contributed by atoms with Crippen LogP contribution in [0, 0.1) is 0 Å². The molecule has 0 bridgehead atoms. The number of hydrogen-bond acceptors (Lipinski definition) is 1. The topological polar surface area (TPSA) is 0 Å². The fourth-order valence-corrected chi connectivity index (χ4v) is 4.05. The van der Waals surface area contributed by atoms with Crippen molar-refractivity contribution in [1.82, 2.24) is 0 Å². The molecule has 108 valence electrons. The van der Waals surface area contributed by atoms with E-state index in [4.69, 9.17) is 11.6 Å². The average molecular weight is 307 g/mol. The number of benzene rings is 1. The van der Waals surface area contributed by atoms with Gasteiger partial charge in [0.2, 0.25) is 0 Å². The molecule has 0 aliphatic rings. The second kappa shape index (κ2) is 6.32. The highest BCUT2D eigenvalue weighted by Crippen LogP contribution is 2.43. The lowest BCUT2D eigenvalue weighted by Crippen LogP contribution is -2.08. The number of halogens is 1. The Labute approximate surface area is 131 Å². The van der Waals surface area contributed by atoms with Gasteiger partial charge in [0, 0.05) is 15.7 Å². The third kappa shape index (κ3) is 3.45. The molecule has 0 N–H and O–H groups in total. The van der Waals surface area contributed by atoms with Gasteiger partial charge in [0.1, 0.15) is 0 Å². The van der Waals surface area contributed by atoms with Crippen LogP contribution >= 0.6 is 22.9 Å². The summed E-state index contributed by atoms with van der Waals surface area (Å²) in [6, 6.07) is 15.0. The van der Waals surface area contributed by atoms with E-state index in [-0.39, 0.29) is 10.8 Å². The van der Waals surface area contributed by atoms with Crippen molar-refractivity contribution in [1.29, 1.82) is 0 Å². The van der Waals surface area contributed by atoms with Gasteiger partial charge in [0.15, 0.2) is 0 Å². The van der Waals surface area contributed by atoms with Crippen LogP contribution in [-0.4, -0.2) is 0 Å². The number of rotatable bonds is 4. The van der Waals surface area contributed by atoms with Crippen LogP contribution in [0.1, 0.15) is 60.7 Å². The zero-order chi connectivity index (χ0) is 14.8. The first-order valence-electron chi connectivity index (χ1n) is 7.22. The first-order valence-corrected chi connectivity index (χ1v) is 8.48. The van der Waals surface area contributed by atoms with Crippen molar-refractivity contribution < 1.29 is 0 Å². The Kier molecular flexibility index (Phi) is 4.93. The third-order valence-electron chi connectivity index (χ3n) is 3.66. The molecule has 0 saturated carbocycles. The van der Waals surface area contributed by atoms with E-state index in [2.05, 4.69) is 70.2 Å². The zero-order valence-electron chi connectivity index (χ0n) is 12.7. The minimum absolute atomic E-state index is 0.0588. The van der Waals surface area contributed by atoms with E-state index in [1.165, 1.54) is 15.3 Å². The van der Waals surface area contributed by atoms with Crippen LogP contribution in [-0.2, 0) is 5.41 Å². The molecule has 2 aromatic rings. The van der Waals surface area contributed by atoms with Crippen LogP contribution in [0.2, 0.25) is 0 Å². The molecule has 0 radical (unpaired) electrons. The van der Waals surface area contributed by atoms with Gasteiger partial charge in [-0.1, -0.05) is 58.0 Å². The van der Waals surface area contributed by atoms with Gasteiger partial charge in [-0.2, -0.15) is 0 Å². The average Bonchev–Trinajstić information content (AvgIpc) is 2.90. The molecular formula is C18H23ClS. The van der Waals surface area contributed by atoms with E-state index in [0.717, 1.165) is 6.42 Å². The summed E-state index contributed by atoms with van der Waals surface area (Å²) in [4.78, 5) is 2.69. The van der Waals surface area contributed by atoms with E-state index in [1.54, 1.807) is 0 Å². The Hall–Kier alpha value is -0.790. The fraction of sp³-hybridized carbons (Fsp3) is 0.444. The summed E-state index contributed by atoms with van der Waals surface area (Å²) in [6.07, 6.45) is 1.06. The molecule has 0 fully saturated rings. The van der Waals surface area contributed by atoms with Gasteiger partial charge in [-0.3, -0.25) is 0 Å². The maximum atomic E-state index is 6.78. The van der Waals surface area contributed by atoms with Crippen molar-refractivity contribution in [2.45, 2.75) is 50.8 Å². The summed E-state index contributed by atoms with van der Waals surface area (Å²) in [7, 11) is 0. The number of hydrogen-bond donors (Lipinski definition) is 0. The van der Waals surface area contributed by atoms with Crippen molar-refractivity contribution in [3.05, 3.63) is 57.8 Å². The van der Waals surface area contributed by atoms with Crippen molar-refractivity contribution in [3.8, 4) is 0 Å². The van der Waals surface area contributed by atoms with Crippen molar-refractivity contribution in [2.75, 3.05) is 0 Å². The SMILES string of the molecule is CCC(c1ccccc1)C(Cl)c1ccc(C(C)(C)C)s1. The molecule has 0 aliphatic carbocycles. The van der Waals surface area contributed by atoms with Crippen molar-refractivity contribution in [3.63, 3.8) is 0 Å². The van der Waals surface area contributed by atoms with Gasteiger partial charge in [-0.05, 0) is 29.5 Å². The lowest BCUT2D eigenvalue weighted by atomic mass is 9.92. The lowest BCUT2D eigenvalue weighted by molar-refractivity contribution is 0.604. The van der Waals surface area contributed by atoms with Gasteiger partial charge < -0.3 is 0 Å². The van der Waals surface area contributed by atoms with Gasteiger partial charge in [-0.15, -0.1) is 22.9 Å². The smallest absolute Gasteiger partial charge is 0.0746 e. The highest BCUT2D eigenvalue weighted by molar-refractivity contribution is 7.12. The summed E-state index contributed by atoms with van der Waals surface area (Å²) in [5, 5.41) is 0.0588. The van der Waals surface area contributed by atoms with Gasteiger partial charge >= 0.3 is 0 Å². The summed E-state index contributed by atoms with van der Waals surface area (Å²) in [6.45, 7) is 8.96. The quantitative estimate of drug-likeness (QED) is 0.564. The minimum Gasteiger partial charge on any atom is -0.143 e. The van der Waals surface area contributed by atoms with Crippen LogP contribution in [0.4, 0.5) is 0 Å². The van der Waals surface area contributed by atoms with Crippen LogP contribution in [0.15, 0.2) is 42.5 Å². The van der Waals surface area contributed by atoms with E-state index in [0.29, 0.717) is 5.92 Å². The van der Waals surface area contributed by atoms with E-state index < -0.39 is 0 Å². The van der Waals surface area contributed by atoms with Crippen LogP contribution in [0.5, 0.6) is 0 Å². The summed E-state index contributed by atoms with van der Waals surface area (Å²) in [5.41, 5.74) is 1.54. The van der Waals surface area contributed by atoms with Crippen LogP contribution < -0.4 is 0 Å². The molecule has 2 rings (SSSR count). The molecule has 1 aromatic carbocycles. The Morgan fingerprint density at radius 2 is 1.70 bits per heavy atom. The van der Waals surface area contributed by atoms with E-state index in [1.807, 2.05) is 11.3 Å². The second-order valence-corrected chi connectivity index (χ2v) is 7.86. The zero-order valence-corrected chi connectivity index (χ0v) is 14.3. The third-order valence-corrected chi connectivity index (χ3v) is 5.92. The van der Waals surface area contributed by atoms with Crippen molar-refractivity contribution >= 4 is 22.9 Å². The molecule has 0 saturated heterocycles. The predicted molar refractivity (Wildman–Crippen MR) is 91.1 cm³/mol. The lowest BCUT2D eigenvalue weighted by Gasteiger charge is -2.21. The van der Waals surface area contributed by atoms with Gasteiger partial charge in [-0.25, -0.2) is 0 Å². The monoisotopic (exact) mass is 306 g/mol. The first-order chi connectivity index (χ1) is 9.43. The highest BCUT2D eigenvalue weighted by Gasteiger charge is 2.24. The summed E-state index contributed by atoms with van der Waals surface area (Å²) >= 11 is 8.64. The normalized spacial score (nSPS) is 15.1. The largest absolute Gasteiger partial charge is 0.143 e. The molecule has 20 heavy (non-hydrogen) atoms. The molecule has 0 nitrogen and oxygen atoms in total. The molecule has 2 heteroatoms.